The predicted molar refractivity (Wildman–Crippen MR) is 134 cm³/mol. The van der Waals surface area contributed by atoms with Crippen LogP contribution in [0, 0.1) is 13.8 Å². The number of carbonyl (C=O) groups excluding carboxylic acids is 1. The van der Waals surface area contributed by atoms with E-state index in [9.17, 15) is 4.79 Å². The molecule has 1 N–H and O–H groups in total. The number of allylic oxidation sites excluding steroid dienone is 1. The van der Waals surface area contributed by atoms with Gasteiger partial charge >= 0.3 is 0 Å². The van der Waals surface area contributed by atoms with Crippen LogP contribution in [0.15, 0.2) is 77.4 Å². The Morgan fingerprint density at radius 2 is 1.76 bits per heavy atom. The number of nitrogens with one attached hydrogen (secondary N) is 1. The third kappa shape index (κ3) is 4.56. The van der Waals surface area contributed by atoms with Crippen molar-refractivity contribution in [3.05, 3.63) is 95.3 Å². The van der Waals surface area contributed by atoms with E-state index in [-0.39, 0.29) is 11.9 Å². The summed E-state index contributed by atoms with van der Waals surface area (Å²) in [4.78, 5) is 12.8. The van der Waals surface area contributed by atoms with E-state index in [1.54, 1.807) is 19.4 Å². The molecule has 4 aromatic rings. The Hall–Kier alpha value is -3.79. The topological polar surface area (TPSA) is 51.5 Å². The van der Waals surface area contributed by atoms with Crippen LogP contribution < -0.4 is 10.1 Å². The van der Waals surface area contributed by atoms with Crippen LogP contribution in [0.3, 0.4) is 0 Å². The minimum atomic E-state index is -0.144. The highest BCUT2D eigenvalue weighted by atomic mass is 16.5. The zero-order valence-corrected chi connectivity index (χ0v) is 19.7. The molecule has 33 heavy (non-hydrogen) atoms. The standard InChI is InChI=1S/C29H29NO3/c1-18-11-13-23(14-12-18)26-17-33-29-20(3)28(32-5)24(16-25(26)29)19(2)15-27(31)30-21(4)22-9-7-6-8-10-22/h6-17,21H,1-5H3,(H,30,31)/b19-15+. The molecule has 0 aliphatic heterocycles. The van der Waals surface area contributed by atoms with Crippen molar-refractivity contribution in [2.75, 3.05) is 7.11 Å². The van der Waals surface area contributed by atoms with E-state index >= 15 is 0 Å². The van der Waals surface area contributed by atoms with Gasteiger partial charge in [-0.3, -0.25) is 4.79 Å². The second kappa shape index (κ2) is 9.37. The molecule has 0 saturated carbocycles. The Morgan fingerprint density at radius 1 is 1.06 bits per heavy atom. The molecule has 4 nitrogen and oxygen atoms in total. The molecular formula is C29H29NO3. The normalized spacial score (nSPS) is 12.6. The number of amides is 1. The maximum atomic E-state index is 12.8. The first-order valence-corrected chi connectivity index (χ1v) is 11.1. The molecule has 0 bridgehead atoms. The highest BCUT2D eigenvalue weighted by Crippen LogP contribution is 2.40. The molecule has 4 rings (SSSR count). The van der Waals surface area contributed by atoms with Gasteiger partial charge in [-0.25, -0.2) is 0 Å². The molecule has 0 radical (unpaired) electrons. The van der Waals surface area contributed by atoms with Crippen LogP contribution in [-0.4, -0.2) is 13.0 Å². The van der Waals surface area contributed by atoms with E-state index in [2.05, 4.69) is 42.6 Å². The molecule has 1 aromatic heterocycles. The SMILES string of the molecule is COc1c(/C(C)=C/C(=O)NC(C)c2ccccc2)cc2c(-c3ccc(C)cc3)coc2c1C. The van der Waals surface area contributed by atoms with Crippen molar-refractivity contribution in [2.45, 2.75) is 33.7 Å². The summed E-state index contributed by atoms with van der Waals surface area (Å²) in [5.41, 5.74) is 7.78. The molecule has 3 aromatic carbocycles. The molecule has 1 unspecified atom stereocenters. The van der Waals surface area contributed by atoms with Gasteiger partial charge < -0.3 is 14.5 Å². The first kappa shape index (κ1) is 22.4. The average Bonchev–Trinajstić information content (AvgIpc) is 3.24. The maximum absolute atomic E-state index is 12.8. The Morgan fingerprint density at radius 3 is 2.42 bits per heavy atom. The Kier molecular flexibility index (Phi) is 6.36. The van der Waals surface area contributed by atoms with Gasteiger partial charge in [0.2, 0.25) is 5.91 Å². The first-order chi connectivity index (χ1) is 15.9. The van der Waals surface area contributed by atoms with Crippen molar-refractivity contribution in [3.63, 3.8) is 0 Å². The number of hydrogen-bond donors (Lipinski definition) is 1. The molecule has 0 fully saturated rings. The monoisotopic (exact) mass is 439 g/mol. The summed E-state index contributed by atoms with van der Waals surface area (Å²) < 4.78 is 11.7. The third-order valence-corrected chi connectivity index (χ3v) is 6.04. The number of aryl methyl sites for hydroxylation is 2. The Labute approximate surface area is 194 Å². The average molecular weight is 440 g/mol. The largest absolute Gasteiger partial charge is 0.496 e. The van der Waals surface area contributed by atoms with E-state index in [1.807, 2.05) is 51.1 Å². The second-order valence-corrected chi connectivity index (χ2v) is 8.44. The third-order valence-electron chi connectivity index (χ3n) is 6.04. The highest BCUT2D eigenvalue weighted by Gasteiger charge is 2.19. The van der Waals surface area contributed by atoms with Crippen molar-refractivity contribution >= 4 is 22.4 Å². The van der Waals surface area contributed by atoms with Crippen molar-refractivity contribution in [1.82, 2.24) is 5.32 Å². The van der Waals surface area contributed by atoms with E-state index < -0.39 is 0 Å². The number of benzene rings is 3. The number of carbonyl (C=O) groups is 1. The Bertz CT molecular complexity index is 1310. The molecule has 0 aliphatic rings. The maximum Gasteiger partial charge on any atom is 0.244 e. The lowest BCUT2D eigenvalue weighted by molar-refractivity contribution is -0.117. The van der Waals surface area contributed by atoms with Crippen LogP contribution in [0.2, 0.25) is 0 Å². The minimum absolute atomic E-state index is 0.0872. The first-order valence-electron chi connectivity index (χ1n) is 11.1. The van der Waals surface area contributed by atoms with Gasteiger partial charge in [0.1, 0.15) is 11.3 Å². The number of fused-ring (bicyclic) bond motifs is 1. The fourth-order valence-electron chi connectivity index (χ4n) is 4.18. The van der Waals surface area contributed by atoms with E-state index in [0.29, 0.717) is 5.75 Å². The van der Waals surface area contributed by atoms with Crippen LogP contribution in [0.25, 0.3) is 27.7 Å². The quantitative estimate of drug-likeness (QED) is 0.329. The van der Waals surface area contributed by atoms with Crippen molar-refractivity contribution in [1.29, 1.82) is 0 Å². The summed E-state index contributed by atoms with van der Waals surface area (Å²) in [6.45, 7) is 7.97. The molecule has 0 aliphatic carbocycles. The number of methoxy groups -OCH3 is 1. The van der Waals surface area contributed by atoms with E-state index in [1.165, 1.54) is 5.56 Å². The zero-order chi connectivity index (χ0) is 23.5. The van der Waals surface area contributed by atoms with Gasteiger partial charge in [0.05, 0.1) is 19.4 Å². The number of ether oxygens (including phenoxy) is 1. The van der Waals surface area contributed by atoms with Gasteiger partial charge in [0.15, 0.2) is 0 Å². The summed E-state index contributed by atoms with van der Waals surface area (Å²) in [5, 5.41) is 4.05. The molecule has 168 valence electrons. The molecule has 1 atom stereocenters. The summed E-state index contributed by atoms with van der Waals surface area (Å²) in [5.74, 6) is 0.569. The lowest BCUT2D eigenvalue weighted by Crippen LogP contribution is -2.24. The lowest BCUT2D eigenvalue weighted by atomic mass is 9.96. The molecule has 1 amide bonds. The van der Waals surface area contributed by atoms with Crippen molar-refractivity contribution in [3.8, 4) is 16.9 Å². The van der Waals surface area contributed by atoms with Gasteiger partial charge in [0.25, 0.3) is 0 Å². The van der Waals surface area contributed by atoms with Crippen molar-refractivity contribution in [2.24, 2.45) is 0 Å². The molecule has 4 heteroatoms. The summed E-state index contributed by atoms with van der Waals surface area (Å²) >= 11 is 0. The van der Waals surface area contributed by atoms with Gasteiger partial charge in [-0.2, -0.15) is 0 Å². The minimum Gasteiger partial charge on any atom is -0.496 e. The summed E-state index contributed by atoms with van der Waals surface area (Å²) in [6, 6.07) is 20.3. The van der Waals surface area contributed by atoms with Crippen LogP contribution in [0.4, 0.5) is 0 Å². The number of rotatable bonds is 6. The van der Waals surface area contributed by atoms with Gasteiger partial charge in [-0.05, 0) is 50.5 Å². The molecule has 0 saturated heterocycles. The van der Waals surface area contributed by atoms with Crippen LogP contribution in [0.1, 0.15) is 42.1 Å². The fourth-order valence-corrected chi connectivity index (χ4v) is 4.18. The summed E-state index contributed by atoms with van der Waals surface area (Å²) in [6.07, 6.45) is 3.42. The zero-order valence-electron chi connectivity index (χ0n) is 19.7. The highest BCUT2D eigenvalue weighted by molar-refractivity contribution is 6.01. The predicted octanol–water partition coefficient (Wildman–Crippen LogP) is 7.01. The van der Waals surface area contributed by atoms with Crippen LogP contribution >= 0.6 is 0 Å². The molecular weight excluding hydrogens is 410 g/mol. The second-order valence-electron chi connectivity index (χ2n) is 8.44. The van der Waals surface area contributed by atoms with Crippen LogP contribution in [0.5, 0.6) is 5.75 Å². The van der Waals surface area contributed by atoms with Crippen LogP contribution in [-0.2, 0) is 4.79 Å². The molecule has 0 spiro atoms. The van der Waals surface area contributed by atoms with Gasteiger partial charge in [-0.1, -0.05) is 60.2 Å². The van der Waals surface area contributed by atoms with E-state index in [4.69, 9.17) is 9.15 Å². The number of hydrogen-bond acceptors (Lipinski definition) is 3. The lowest BCUT2D eigenvalue weighted by Gasteiger charge is -2.15. The number of furan rings is 1. The smallest absolute Gasteiger partial charge is 0.244 e. The van der Waals surface area contributed by atoms with Gasteiger partial charge in [0, 0.05) is 28.2 Å². The van der Waals surface area contributed by atoms with Crippen molar-refractivity contribution < 1.29 is 13.9 Å². The molecule has 1 heterocycles. The van der Waals surface area contributed by atoms with Gasteiger partial charge in [-0.15, -0.1) is 0 Å². The summed E-state index contributed by atoms with van der Waals surface area (Å²) in [7, 11) is 1.65. The van der Waals surface area contributed by atoms with E-state index in [0.717, 1.165) is 44.4 Å². The Balaban J connectivity index is 1.71. The fraction of sp³-hybridized carbons (Fsp3) is 0.207.